The Bertz CT molecular complexity index is 590. The number of aromatic nitrogens is 1. The summed E-state index contributed by atoms with van der Waals surface area (Å²) in [4.78, 5) is 16.9. The van der Waals surface area contributed by atoms with E-state index < -0.39 is 5.97 Å². The molecule has 0 fully saturated rings. The number of benzene rings is 1. The molecule has 0 aliphatic heterocycles. The van der Waals surface area contributed by atoms with Gasteiger partial charge in [-0.25, -0.2) is 4.98 Å². The Hall–Kier alpha value is -2.14. The van der Waals surface area contributed by atoms with Gasteiger partial charge < -0.3 is 9.52 Å². The van der Waals surface area contributed by atoms with Gasteiger partial charge in [-0.2, -0.15) is 0 Å². The summed E-state index contributed by atoms with van der Waals surface area (Å²) in [6.07, 6.45) is 2.57. The van der Waals surface area contributed by atoms with Crippen LogP contribution in [0.5, 0.6) is 0 Å². The fraction of sp³-hybridized carbons (Fsp3) is 0.375. The molecule has 112 valence electrons. The Balaban J connectivity index is 2.07. The van der Waals surface area contributed by atoms with Crippen molar-refractivity contribution in [1.82, 2.24) is 9.88 Å². The lowest BCUT2D eigenvalue weighted by Gasteiger charge is -2.16. The summed E-state index contributed by atoms with van der Waals surface area (Å²) in [6.45, 7) is 5.16. The summed E-state index contributed by atoms with van der Waals surface area (Å²) in [5, 5.41) is 8.91. The molecule has 0 aliphatic rings. The second kappa shape index (κ2) is 7.04. The zero-order chi connectivity index (χ0) is 15.2. The van der Waals surface area contributed by atoms with Gasteiger partial charge in [0.15, 0.2) is 5.76 Å². The van der Waals surface area contributed by atoms with E-state index in [0.29, 0.717) is 24.7 Å². The van der Waals surface area contributed by atoms with Gasteiger partial charge >= 0.3 is 5.97 Å². The predicted molar refractivity (Wildman–Crippen MR) is 79.9 cm³/mol. The Morgan fingerprint density at radius 1 is 1.33 bits per heavy atom. The van der Waals surface area contributed by atoms with Gasteiger partial charge in [-0.1, -0.05) is 36.8 Å². The molecule has 0 unspecified atom stereocenters. The number of carboxylic acid groups (broad SMARTS) is 1. The van der Waals surface area contributed by atoms with Gasteiger partial charge in [-0.15, -0.1) is 0 Å². The molecular formula is C16H20N2O3. The number of carbonyl (C=O) groups is 1. The van der Waals surface area contributed by atoms with Crippen LogP contribution in [0.25, 0.3) is 11.3 Å². The van der Waals surface area contributed by atoms with E-state index in [1.165, 1.54) is 5.56 Å². The molecular weight excluding hydrogens is 268 g/mol. The lowest BCUT2D eigenvalue weighted by molar-refractivity contribution is -0.138. The second-order valence-electron chi connectivity index (χ2n) is 5.09. The summed E-state index contributed by atoms with van der Waals surface area (Å²) in [5.74, 6) is 0.408. The van der Waals surface area contributed by atoms with Crippen LogP contribution in [0.1, 0.15) is 24.8 Å². The van der Waals surface area contributed by atoms with E-state index in [-0.39, 0.29) is 6.54 Å². The predicted octanol–water partition coefficient (Wildman–Crippen LogP) is 2.95. The van der Waals surface area contributed by atoms with Crippen molar-refractivity contribution >= 4 is 5.97 Å². The lowest BCUT2D eigenvalue weighted by Crippen LogP contribution is -2.30. The standard InChI is InChI=1S/C16H20N2O3/c1-3-8-18(11-16(19)20)10-15-17-9-14(21-15)13-6-4-12(2)5-7-13/h4-7,9H,3,8,10-11H2,1-2H3,(H,19,20). The van der Waals surface area contributed by atoms with Crippen LogP contribution < -0.4 is 0 Å². The number of aryl methyl sites for hydroxylation is 1. The number of aliphatic carboxylic acids is 1. The van der Waals surface area contributed by atoms with E-state index >= 15 is 0 Å². The van der Waals surface area contributed by atoms with Crippen LogP contribution >= 0.6 is 0 Å². The zero-order valence-corrected chi connectivity index (χ0v) is 12.4. The first kappa shape index (κ1) is 15.3. The molecule has 21 heavy (non-hydrogen) atoms. The molecule has 5 heteroatoms. The van der Waals surface area contributed by atoms with E-state index in [9.17, 15) is 4.79 Å². The highest BCUT2D eigenvalue weighted by molar-refractivity contribution is 5.69. The molecule has 2 rings (SSSR count). The van der Waals surface area contributed by atoms with Gasteiger partial charge in [-0.3, -0.25) is 9.69 Å². The number of rotatable bonds is 7. The van der Waals surface area contributed by atoms with Gasteiger partial charge in [0.05, 0.1) is 19.3 Å². The van der Waals surface area contributed by atoms with Crippen molar-refractivity contribution in [2.45, 2.75) is 26.8 Å². The third-order valence-corrected chi connectivity index (χ3v) is 3.15. The molecule has 0 saturated carbocycles. The third-order valence-electron chi connectivity index (χ3n) is 3.15. The van der Waals surface area contributed by atoms with Gasteiger partial charge in [0.1, 0.15) is 0 Å². The molecule has 0 radical (unpaired) electrons. The largest absolute Gasteiger partial charge is 0.480 e. The molecule has 0 amide bonds. The van der Waals surface area contributed by atoms with Gasteiger partial charge in [-0.05, 0) is 19.9 Å². The molecule has 5 nitrogen and oxygen atoms in total. The first-order chi connectivity index (χ1) is 10.1. The number of hydrogen-bond donors (Lipinski definition) is 1. The normalized spacial score (nSPS) is 11.0. The first-order valence-electron chi connectivity index (χ1n) is 7.04. The summed E-state index contributed by atoms with van der Waals surface area (Å²) in [7, 11) is 0. The van der Waals surface area contributed by atoms with E-state index in [0.717, 1.165) is 12.0 Å². The Kier molecular flexibility index (Phi) is 5.11. The summed E-state index contributed by atoms with van der Waals surface area (Å²) >= 11 is 0. The van der Waals surface area contributed by atoms with Crippen molar-refractivity contribution in [3.8, 4) is 11.3 Å². The highest BCUT2D eigenvalue weighted by atomic mass is 16.4. The van der Waals surface area contributed by atoms with E-state index in [2.05, 4.69) is 4.98 Å². The van der Waals surface area contributed by atoms with Crippen molar-refractivity contribution in [1.29, 1.82) is 0 Å². The van der Waals surface area contributed by atoms with E-state index in [1.807, 2.05) is 43.0 Å². The molecule has 0 atom stereocenters. The van der Waals surface area contributed by atoms with Crippen molar-refractivity contribution in [3.05, 3.63) is 41.9 Å². The van der Waals surface area contributed by atoms with Crippen LogP contribution in [-0.4, -0.2) is 34.0 Å². The monoisotopic (exact) mass is 288 g/mol. The first-order valence-corrected chi connectivity index (χ1v) is 7.04. The summed E-state index contributed by atoms with van der Waals surface area (Å²) in [6, 6.07) is 8.01. The average Bonchev–Trinajstić information content (AvgIpc) is 2.87. The fourth-order valence-corrected chi connectivity index (χ4v) is 2.15. The van der Waals surface area contributed by atoms with Crippen LogP contribution in [-0.2, 0) is 11.3 Å². The molecule has 0 spiro atoms. The highest BCUT2D eigenvalue weighted by Gasteiger charge is 2.13. The van der Waals surface area contributed by atoms with E-state index in [4.69, 9.17) is 9.52 Å². The molecule has 1 aromatic carbocycles. The maximum atomic E-state index is 10.8. The third kappa shape index (κ3) is 4.43. The van der Waals surface area contributed by atoms with Crippen LogP contribution in [0.4, 0.5) is 0 Å². The van der Waals surface area contributed by atoms with Gasteiger partial charge in [0.25, 0.3) is 0 Å². The molecule has 0 saturated heterocycles. The lowest BCUT2D eigenvalue weighted by atomic mass is 10.1. The van der Waals surface area contributed by atoms with E-state index in [1.54, 1.807) is 6.20 Å². The average molecular weight is 288 g/mol. The molecule has 1 N–H and O–H groups in total. The van der Waals surface area contributed by atoms with Crippen LogP contribution in [0.3, 0.4) is 0 Å². The molecule has 1 aromatic heterocycles. The van der Waals surface area contributed by atoms with Crippen LogP contribution in [0, 0.1) is 6.92 Å². The number of carboxylic acids is 1. The van der Waals surface area contributed by atoms with Crippen molar-refractivity contribution in [2.24, 2.45) is 0 Å². The minimum Gasteiger partial charge on any atom is -0.480 e. The summed E-state index contributed by atoms with van der Waals surface area (Å²) < 4.78 is 5.72. The maximum Gasteiger partial charge on any atom is 0.317 e. The second-order valence-corrected chi connectivity index (χ2v) is 5.09. The fourth-order valence-electron chi connectivity index (χ4n) is 2.15. The van der Waals surface area contributed by atoms with Crippen molar-refractivity contribution in [2.75, 3.05) is 13.1 Å². The Labute approximate surface area is 124 Å². The maximum absolute atomic E-state index is 10.8. The quantitative estimate of drug-likeness (QED) is 0.848. The molecule has 1 heterocycles. The molecule has 2 aromatic rings. The summed E-state index contributed by atoms with van der Waals surface area (Å²) in [5.41, 5.74) is 2.16. The smallest absolute Gasteiger partial charge is 0.317 e. The van der Waals surface area contributed by atoms with Crippen LogP contribution in [0.15, 0.2) is 34.9 Å². The topological polar surface area (TPSA) is 66.6 Å². The van der Waals surface area contributed by atoms with Gasteiger partial charge in [0.2, 0.25) is 5.89 Å². The molecule has 0 bridgehead atoms. The van der Waals surface area contributed by atoms with Crippen molar-refractivity contribution in [3.63, 3.8) is 0 Å². The zero-order valence-electron chi connectivity index (χ0n) is 12.4. The van der Waals surface area contributed by atoms with Crippen molar-refractivity contribution < 1.29 is 14.3 Å². The Morgan fingerprint density at radius 3 is 2.67 bits per heavy atom. The minimum absolute atomic E-state index is 0.00388. The number of oxazole rings is 1. The Morgan fingerprint density at radius 2 is 2.05 bits per heavy atom. The van der Waals surface area contributed by atoms with Crippen LogP contribution in [0.2, 0.25) is 0 Å². The number of nitrogens with zero attached hydrogens (tertiary/aromatic N) is 2. The SMILES string of the molecule is CCCN(CC(=O)O)Cc1ncc(-c2ccc(C)cc2)o1. The highest BCUT2D eigenvalue weighted by Crippen LogP contribution is 2.21. The number of hydrogen-bond acceptors (Lipinski definition) is 4. The molecule has 0 aliphatic carbocycles. The minimum atomic E-state index is -0.839. The van der Waals surface area contributed by atoms with Gasteiger partial charge in [0, 0.05) is 5.56 Å².